The number of aryl methyl sites for hydroxylation is 1. The summed E-state index contributed by atoms with van der Waals surface area (Å²) in [5.41, 5.74) is 3.91. The quantitative estimate of drug-likeness (QED) is 0.425. The van der Waals surface area contributed by atoms with Gasteiger partial charge in [-0.2, -0.15) is 0 Å². The van der Waals surface area contributed by atoms with Gasteiger partial charge in [0, 0.05) is 19.7 Å². The third kappa shape index (κ3) is 3.55. The van der Waals surface area contributed by atoms with Gasteiger partial charge in [-0.25, -0.2) is 0 Å². The minimum Gasteiger partial charge on any atom is -0.0832 e. The molecule has 106 valence electrons. The Morgan fingerprint density at radius 1 is 1.00 bits per heavy atom. The highest BCUT2D eigenvalue weighted by atomic mass is 79.9. The zero-order valence-electron chi connectivity index (χ0n) is 11.5. The van der Waals surface area contributed by atoms with E-state index in [9.17, 15) is 0 Å². The summed E-state index contributed by atoms with van der Waals surface area (Å²) in [7, 11) is 0. The number of alkyl halides is 1. The molecule has 0 amide bonds. The van der Waals surface area contributed by atoms with Crippen molar-refractivity contribution in [2.75, 3.05) is 0 Å². The number of hydrogen-bond donors (Lipinski definition) is 0. The van der Waals surface area contributed by atoms with Crippen LogP contribution >= 0.6 is 47.8 Å². The van der Waals surface area contributed by atoms with E-state index >= 15 is 0 Å². The second kappa shape index (κ2) is 7.24. The van der Waals surface area contributed by atoms with Gasteiger partial charge in [-0.05, 0) is 42.2 Å². The molecule has 0 radical (unpaired) electrons. The lowest BCUT2D eigenvalue weighted by atomic mass is 9.89. The van der Waals surface area contributed by atoms with Gasteiger partial charge >= 0.3 is 0 Å². The van der Waals surface area contributed by atoms with Crippen LogP contribution in [0.4, 0.5) is 0 Å². The fourth-order valence-corrected chi connectivity index (χ4v) is 4.83. The second-order valence-corrected chi connectivity index (χ2v) is 7.65. The Hall–Kier alpha value is -0.120. The smallest absolute Gasteiger partial charge is 0.0475 e. The van der Waals surface area contributed by atoms with Gasteiger partial charge in [-0.1, -0.05) is 85.0 Å². The Labute approximate surface area is 146 Å². The summed E-state index contributed by atoms with van der Waals surface area (Å²) in [5.74, 6) is 0.460. The monoisotopic (exact) mass is 458 g/mol. The van der Waals surface area contributed by atoms with Crippen molar-refractivity contribution in [3.8, 4) is 0 Å². The Morgan fingerprint density at radius 2 is 1.65 bits per heavy atom. The highest BCUT2D eigenvalue weighted by Crippen LogP contribution is 2.44. The van der Waals surface area contributed by atoms with Crippen molar-refractivity contribution >= 4 is 47.8 Å². The van der Waals surface area contributed by atoms with Crippen LogP contribution in [-0.4, -0.2) is 0 Å². The first-order valence-electron chi connectivity index (χ1n) is 6.69. The summed E-state index contributed by atoms with van der Waals surface area (Å²) in [6.45, 7) is 4.35. The third-order valence-corrected chi connectivity index (χ3v) is 6.27. The van der Waals surface area contributed by atoms with Gasteiger partial charge in [0.15, 0.2) is 0 Å². The molecule has 0 heterocycles. The molecule has 0 spiro atoms. The molecule has 2 atom stereocenters. The van der Waals surface area contributed by atoms with Gasteiger partial charge in [-0.15, -0.1) is 0 Å². The summed E-state index contributed by atoms with van der Waals surface area (Å²) < 4.78 is 2.32. The van der Waals surface area contributed by atoms with Crippen LogP contribution in [0.2, 0.25) is 0 Å². The van der Waals surface area contributed by atoms with E-state index in [1.807, 2.05) is 0 Å². The van der Waals surface area contributed by atoms with Gasteiger partial charge in [0.1, 0.15) is 0 Å². The molecule has 0 aliphatic carbocycles. The van der Waals surface area contributed by atoms with Crippen molar-refractivity contribution in [2.24, 2.45) is 0 Å². The Bertz CT molecular complexity index is 578. The van der Waals surface area contributed by atoms with E-state index in [0.29, 0.717) is 10.7 Å². The van der Waals surface area contributed by atoms with Crippen LogP contribution in [0.15, 0.2) is 51.4 Å². The molecule has 20 heavy (non-hydrogen) atoms. The van der Waals surface area contributed by atoms with Gasteiger partial charge in [-0.3, -0.25) is 0 Å². The fourth-order valence-electron chi connectivity index (χ4n) is 2.40. The third-order valence-electron chi connectivity index (χ3n) is 3.60. The summed E-state index contributed by atoms with van der Waals surface area (Å²) in [5, 5.41) is 0. The van der Waals surface area contributed by atoms with E-state index in [-0.39, 0.29) is 0 Å². The molecule has 2 aromatic carbocycles. The minimum atomic E-state index is 0.293. The molecular formula is C17H17Br3. The van der Waals surface area contributed by atoms with Crippen LogP contribution in [0, 0.1) is 6.92 Å². The molecule has 0 aliphatic heterocycles. The molecule has 0 nitrogen and oxygen atoms in total. The Morgan fingerprint density at radius 3 is 2.25 bits per heavy atom. The van der Waals surface area contributed by atoms with Gasteiger partial charge in [0.05, 0.1) is 0 Å². The predicted molar refractivity (Wildman–Crippen MR) is 97.7 cm³/mol. The van der Waals surface area contributed by atoms with E-state index in [4.69, 9.17) is 0 Å². The van der Waals surface area contributed by atoms with E-state index in [1.54, 1.807) is 0 Å². The second-order valence-electron chi connectivity index (χ2n) is 4.95. The highest BCUT2D eigenvalue weighted by Gasteiger charge is 2.23. The minimum absolute atomic E-state index is 0.293. The summed E-state index contributed by atoms with van der Waals surface area (Å²) in [6.07, 6.45) is 1.10. The topological polar surface area (TPSA) is 0 Å². The van der Waals surface area contributed by atoms with Crippen LogP contribution in [0.25, 0.3) is 0 Å². The normalized spacial score (nSPS) is 14.1. The molecule has 3 heteroatoms. The van der Waals surface area contributed by atoms with Crippen molar-refractivity contribution in [3.63, 3.8) is 0 Å². The van der Waals surface area contributed by atoms with E-state index in [0.717, 1.165) is 15.4 Å². The lowest BCUT2D eigenvalue weighted by molar-refractivity contribution is 0.653. The van der Waals surface area contributed by atoms with Gasteiger partial charge in [0.25, 0.3) is 0 Å². The van der Waals surface area contributed by atoms with Crippen molar-refractivity contribution in [1.82, 2.24) is 0 Å². The van der Waals surface area contributed by atoms with E-state index in [1.165, 1.54) is 16.7 Å². The number of hydrogen-bond acceptors (Lipinski definition) is 0. The zero-order valence-corrected chi connectivity index (χ0v) is 16.3. The number of benzene rings is 2. The summed E-state index contributed by atoms with van der Waals surface area (Å²) in [6, 6.07) is 15.1. The standard InChI is InChI=1S/C17H17Br3/c1-3-13(12-7-5-4-6-8-12)17(20)14-10-15(18)11(2)9-16(14)19/h4-10,13,17H,3H2,1-2H3. The summed E-state index contributed by atoms with van der Waals surface area (Å²) in [4.78, 5) is 0.293. The van der Waals surface area contributed by atoms with Crippen molar-refractivity contribution in [1.29, 1.82) is 0 Å². The van der Waals surface area contributed by atoms with Crippen LogP contribution in [0.5, 0.6) is 0 Å². The molecule has 0 aliphatic rings. The largest absolute Gasteiger partial charge is 0.0832 e. The molecule has 0 aromatic heterocycles. The zero-order chi connectivity index (χ0) is 14.7. The molecule has 0 bridgehead atoms. The van der Waals surface area contributed by atoms with Gasteiger partial charge in [0.2, 0.25) is 0 Å². The molecule has 0 saturated heterocycles. The Kier molecular flexibility index (Phi) is 5.88. The molecular weight excluding hydrogens is 444 g/mol. The average Bonchev–Trinajstić information content (AvgIpc) is 2.44. The first-order valence-corrected chi connectivity index (χ1v) is 9.19. The molecule has 2 unspecified atom stereocenters. The Balaban J connectivity index is 2.39. The molecule has 0 saturated carbocycles. The maximum Gasteiger partial charge on any atom is 0.0475 e. The van der Waals surface area contributed by atoms with E-state index in [2.05, 4.69) is 104 Å². The molecule has 0 N–H and O–H groups in total. The lowest BCUT2D eigenvalue weighted by Crippen LogP contribution is -2.06. The SMILES string of the molecule is CCC(c1ccccc1)C(Br)c1cc(Br)c(C)cc1Br. The lowest BCUT2D eigenvalue weighted by Gasteiger charge is -2.23. The molecule has 2 rings (SSSR count). The van der Waals surface area contributed by atoms with Crippen molar-refractivity contribution in [3.05, 3.63) is 68.1 Å². The maximum absolute atomic E-state index is 3.91. The number of rotatable bonds is 4. The molecule has 0 fully saturated rings. The van der Waals surface area contributed by atoms with Crippen LogP contribution in [-0.2, 0) is 0 Å². The molecule has 2 aromatic rings. The van der Waals surface area contributed by atoms with E-state index < -0.39 is 0 Å². The predicted octanol–water partition coefficient (Wildman–Crippen LogP) is 7.15. The fraction of sp³-hybridized carbons (Fsp3) is 0.294. The highest BCUT2D eigenvalue weighted by molar-refractivity contribution is 9.11. The van der Waals surface area contributed by atoms with Crippen LogP contribution < -0.4 is 0 Å². The van der Waals surface area contributed by atoms with Crippen LogP contribution in [0.3, 0.4) is 0 Å². The van der Waals surface area contributed by atoms with Crippen LogP contribution in [0.1, 0.15) is 40.8 Å². The van der Waals surface area contributed by atoms with Crippen molar-refractivity contribution in [2.45, 2.75) is 31.0 Å². The first kappa shape index (κ1) is 16.3. The van der Waals surface area contributed by atoms with Gasteiger partial charge < -0.3 is 0 Å². The summed E-state index contributed by atoms with van der Waals surface area (Å²) >= 11 is 11.2. The number of halogens is 3. The first-order chi connectivity index (χ1) is 9.54. The maximum atomic E-state index is 3.91. The average molecular weight is 461 g/mol. The van der Waals surface area contributed by atoms with Crippen molar-refractivity contribution < 1.29 is 0 Å².